The van der Waals surface area contributed by atoms with Crippen molar-refractivity contribution < 1.29 is 9.21 Å². The van der Waals surface area contributed by atoms with E-state index in [9.17, 15) is 4.79 Å². The highest BCUT2D eigenvalue weighted by Crippen LogP contribution is 2.31. The SMILES string of the molecule is Cc1ccc(-c2nn(-c3ccccc3)cc2C(=O)NC2CCCc3c2cnn3C)o1. The number of benzene rings is 1. The Morgan fingerprint density at radius 1 is 1.20 bits per heavy atom. The van der Waals surface area contributed by atoms with E-state index in [2.05, 4.69) is 15.5 Å². The van der Waals surface area contributed by atoms with Crippen molar-refractivity contribution in [2.45, 2.75) is 32.2 Å². The van der Waals surface area contributed by atoms with Gasteiger partial charge in [0.25, 0.3) is 5.91 Å². The molecule has 7 nitrogen and oxygen atoms in total. The fraction of sp³-hybridized carbons (Fsp3) is 0.261. The third-order valence-electron chi connectivity index (χ3n) is 5.63. The second-order valence-corrected chi connectivity index (χ2v) is 7.67. The number of aromatic nitrogens is 4. The Balaban J connectivity index is 1.51. The van der Waals surface area contributed by atoms with Gasteiger partial charge in [0.1, 0.15) is 11.5 Å². The van der Waals surface area contributed by atoms with Crippen LogP contribution in [-0.2, 0) is 13.5 Å². The van der Waals surface area contributed by atoms with E-state index >= 15 is 0 Å². The summed E-state index contributed by atoms with van der Waals surface area (Å²) >= 11 is 0. The predicted octanol–water partition coefficient (Wildman–Crippen LogP) is 3.98. The lowest BCUT2D eigenvalue weighted by Gasteiger charge is -2.23. The van der Waals surface area contributed by atoms with Crippen molar-refractivity contribution in [3.63, 3.8) is 0 Å². The minimum Gasteiger partial charge on any atom is -0.460 e. The Morgan fingerprint density at radius 2 is 2.03 bits per heavy atom. The van der Waals surface area contributed by atoms with Gasteiger partial charge in [-0.15, -0.1) is 0 Å². The number of aryl methyl sites for hydroxylation is 2. The summed E-state index contributed by atoms with van der Waals surface area (Å²) in [5, 5.41) is 12.2. The Morgan fingerprint density at radius 3 is 2.80 bits per heavy atom. The van der Waals surface area contributed by atoms with Crippen LogP contribution in [0.25, 0.3) is 17.1 Å². The number of rotatable bonds is 4. The minimum absolute atomic E-state index is 0.0544. The van der Waals surface area contributed by atoms with Crippen LogP contribution < -0.4 is 5.32 Å². The van der Waals surface area contributed by atoms with Gasteiger partial charge in [-0.3, -0.25) is 9.48 Å². The van der Waals surface area contributed by atoms with Crippen molar-refractivity contribution >= 4 is 5.91 Å². The fourth-order valence-corrected chi connectivity index (χ4v) is 4.09. The van der Waals surface area contributed by atoms with Gasteiger partial charge in [-0.2, -0.15) is 10.2 Å². The van der Waals surface area contributed by atoms with Gasteiger partial charge in [0.05, 0.1) is 23.5 Å². The van der Waals surface area contributed by atoms with Crippen LogP contribution in [-0.4, -0.2) is 25.5 Å². The van der Waals surface area contributed by atoms with Crippen LogP contribution in [0.4, 0.5) is 0 Å². The average molecular weight is 401 g/mol. The van der Waals surface area contributed by atoms with E-state index in [4.69, 9.17) is 4.42 Å². The number of nitrogens with one attached hydrogen (secondary N) is 1. The first-order valence-electron chi connectivity index (χ1n) is 10.1. The number of carbonyl (C=O) groups is 1. The average Bonchev–Trinajstić information content (AvgIpc) is 3.48. The Kier molecular flexibility index (Phi) is 4.50. The van der Waals surface area contributed by atoms with Crippen LogP contribution >= 0.6 is 0 Å². The standard InChI is InChI=1S/C23H23N5O2/c1-15-11-12-21(30-15)22-18(14-28(26-22)16-7-4-3-5-8-16)23(29)25-19-9-6-10-20-17(19)13-24-27(20)2/h3-5,7-8,11-14,19H,6,9-10H2,1-2H3,(H,25,29). The van der Waals surface area contributed by atoms with E-state index in [1.807, 2.05) is 67.3 Å². The number of amides is 1. The summed E-state index contributed by atoms with van der Waals surface area (Å²) in [5.74, 6) is 1.19. The first-order valence-corrected chi connectivity index (χ1v) is 10.1. The van der Waals surface area contributed by atoms with Gasteiger partial charge in [-0.05, 0) is 50.5 Å². The highest BCUT2D eigenvalue weighted by Gasteiger charge is 2.28. The zero-order chi connectivity index (χ0) is 20.7. The molecular weight excluding hydrogens is 378 g/mol. The number of hydrogen-bond donors (Lipinski definition) is 1. The van der Waals surface area contributed by atoms with Crippen LogP contribution in [0.5, 0.6) is 0 Å². The van der Waals surface area contributed by atoms with E-state index in [0.29, 0.717) is 17.0 Å². The smallest absolute Gasteiger partial charge is 0.255 e. The molecule has 0 radical (unpaired) electrons. The molecule has 30 heavy (non-hydrogen) atoms. The molecule has 152 valence electrons. The Bertz CT molecular complexity index is 1200. The zero-order valence-electron chi connectivity index (χ0n) is 17.0. The summed E-state index contributed by atoms with van der Waals surface area (Å²) in [5.41, 5.74) is 4.19. The van der Waals surface area contributed by atoms with E-state index in [0.717, 1.165) is 36.3 Å². The summed E-state index contributed by atoms with van der Waals surface area (Å²) in [6.07, 6.45) is 6.53. The summed E-state index contributed by atoms with van der Waals surface area (Å²) in [6, 6.07) is 13.4. The maximum atomic E-state index is 13.3. The predicted molar refractivity (Wildman–Crippen MR) is 112 cm³/mol. The molecule has 0 saturated carbocycles. The Hall–Kier alpha value is -3.61. The maximum Gasteiger partial charge on any atom is 0.255 e. The number of carbonyl (C=O) groups excluding carboxylic acids is 1. The van der Waals surface area contributed by atoms with Gasteiger partial charge in [-0.1, -0.05) is 18.2 Å². The fourth-order valence-electron chi connectivity index (χ4n) is 4.09. The third-order valence-corrected chi connectivity index (χ3v) is 5.63. The molecule has 1 aliphatic rings. The summed E-state index contributed by atoms with van der Waals surface area (Å²) in [4.78, 5) is 13.3. The van der Waals surface area contributed by atoms with Gasteiger partial charge < -0.3 is 9.73 Å². The van der Waals surface area contributed by atoms with Crippen molar-refractivity contribution in [3.8, 4) is 17.1 Å². The van der Waals surface area contributed by atoms with Crippen molar-refractivity contribution in [2.24, 2.45) is 7.05 Å². The highest BCUT2D eigenvalue weighted by molar-refractivity contribution is 5.99. The van der Waals surface area contributed by atoms with Crippen LogP contribution in [0.3, 0.4) is 0 Å². The van der Waals surface area contributed by atoms with Crippen molar-refractivity contribution in [1.82, 2.24) is 24.9 Å². The van der Waals surface area contributed by atoms with Crippen molar-refractivity contribution in [2.75, 3.05) is 0 Å². The van der Waals surface area contributed by atoms with Gasteiger partial charge in [0.15, 0.2) is 5.76 Å². The minimum atomic E-state index is -0.164. The number of para-hydroxylation sites is 1. The van der Waals surface area contributed by atoms with Gasteiger partial charge >= 0.3 is 0 Å². The summed E-state index contributed by atoms with van der Waals surface area (Å²) in [6.45, 7) is 1.88. The second kappa shape index (κ2) is 7.33. The maximum absolute atomic E-state index is 13.3. The Labute approximate surface area is 174 Å². The van der Waals surface area contributed by atoms with Crippen molar-refractivity contribution in [1.29, 1.82) is 0 Å². The molecule has 0 aliphatic heterocycles. The topological polar surface area (TPSA) is 77.9 Å². The van der Waals surface area contributed by atoms with Gasteiger partial charge in [-0.25, -0.2) is 4.68 Å². The molecule has 1 aromatic carbocycles. The quantitative estimate of drug-likeness (QED) is 0.561. The van der Waals surface area contributed by atoms with E-state index in [-0.39, 0.29) is 11.9 Å². The first-order chi connectivity index (χ1) is 14.6. The molecule has 0 bridgehead atoms. The molecule has 3 aromatic heterocycles. The number of fused-ring (bicyclic) bond motifs is 1. The summed E-state index contributed by atoms with van der Waals surface area (Å²) < 4.78 is 9.41. The van der Waals surface area contributed by atoms with Crippen LogP contribution in [0.2, 0.25) is 0 Å². The van der Waals surface area contributed by atoms with Crippen molar-refractivity contribution in [3.05, 3.63) is 77.4 Å². The molecule has 0 spiro atoms. The molecule has 1 atom stereocenters. The van der Waals surface area contributed by atoms with E-state index < -0.39 is 0 Å². The van der Waals surface area contributed by atoms with Crippen LogP contribution in [0.15, 0.2) is 59.3 Å². The molecule has 7 heteroatoms. The molecule has 1 aliphatic carbocycles. The molecule has 3 heterocycles. The highest BCUT2D eigenvalue weighted by atomic mass is 16.3. The normalized spacial score (nSPS) is 15.7. The van der Waals surface area contributed by atoms with Crippen LogP contribution in [0, 0.1) is 6.92 Å². The monoisotopic (exact) mass is 401 g/mol. The molecular formula is C23H23N5O2. The molecule has 0 saturated heterocycles. The zero-order valence-corrected chi connectivity index (χ0v) is 17.0. The lowest BCUT2D eigenvalue weighted by Crippen LogP contribution is -2.31. The molecule has 1 unspecified atom stereocenters. The summed E-state index contributed by atoms with van der Waals surface area (Å²) in [7, 11) is 1.95. The number of hydrogen-bond acceptors (Lipinski definition) is 4. The van der Waals surface area contributed by atoms with E-state index in [1.54, 1.807) is 10.9 Å². The van der Waals surface area contributed by atoms with Gasteiger partial charge in [0, 0.05) is 24.5 Å². The van der Waals surface area contributed by atoms with Crippen LogP contribution in [0.1, 0.15) is 46.3 Å². The second-order valence-electron chi connectivity index (χ2n) is 7.67. The molecule has 1 amide bonds. The van der Waals surface area contributed by atoms with E-state index in [1.165, 1.54) is 5.69 Å². The third kappa shape index (κ3) is 3.22. The van der Waals surface area contributed by atoms with Gasteiger partial charge in [0.2, 0.25) is 0 Å². The largest absolute Gasteiger partial charge is 0.460 e. The molecule has 1 N–H and O–H groups in total. The molecule has 0 fully saturated rings. The first kappa shape index (κ1) is 18.4. The molecule has 4 aromatic rings. The lowest BCUT2D eigenvalue weighted by atomic mass is 9.92. The lowest BCUT2D eigenvalue weighted by molar-refractivity contribution is 0.0933. The molecule has 5 rings (SSSR count). The number of furan rings is 1. The number of nitrogens with zero attached hydrogens (tertiary/aromatic N) is 4.